The van der Waals surface area contributed by atoms with E-state index in [0.717, 1.165) is 41.6 Å². The number of imidazole rings is 1. The molecular weight excluding hydrogens is 503 g/mol. The van der Waals surface area contributed by atoms with Crippen LogP contribution in [0.5, 0.6) is 11.5 Å². The fraction of sp³-hybridized carbons (Fsp3) is 0.346. The van der Waals surface area contributed by atoms with Gasteiger partial charge in [-0.3, -0.25) is 14.0 Å². The molecule has 2 aromatic carbocycles. The lowest BCUT2D eigenvalue weighted by atomic mass is 10.1. The maximum Gasteiger partial charge on any atom is 0.405 e. The number of carbonyl (C=O) groups is 1. The Kier molecular flexibility index (Phi) is 6.98. The standard InChI is InChI=1S/C26H26F3N5O4/c1-36-22-9-18(10-23(37-2)24(22)25(35)30-14-26(27,28)29)34-15-31-20-8-16(5-6-21(20)34)17-11-32-33(12-17)13-19-4-3-7-38-19/h5-6,8-12,15,19H,3-4,7,13-14H2,1-2H3,(H,30,35). The first-order valence-electron chi connectivity index (χ1n) is 12.0. The van der Waals surface area contributed by atoms with Gasteiger partial charge in [-0.25, -0.2) is 4.98 Å². The predicted octanol–water partition coefficient (Wildman–Crippen LogP) is 4.38. The maximum atomic E-state index is 12.6. The molecule has 1 saturated heterocycles. The zero-order chi connectivity index (χ0) is 26.9. The Hall–Kier alpha value is -4.06. The SMILES string of the molecule is COc1cc(-n2cnc3cc(-c4cnn(CC5CCCO5)c4)ccc32)cc(OC)c1C(=O)NCC(F)(F)F. The van der Waals surface area contributed by atoms with Gasteiger partial charge in [-0.2, -0.15) is 18.3 Å². The van der Waals surface area contributed by atoms with Gasteiger partial charge in [-0.15, -0.1) is 0 Å². The molecule has 1 aliphatic rings. The van der Waals surface area contributed by atoms with Gasteiger partial charge in [-0.05, 0) is 30.5 Å². The van der Waals surface area contributed by atoms with Crippen molar-refractivity contribution < 1.29 is 32.2 Å². The van der Waals surface area contributed by atoms with Crippen molar-refractivity contribution in [1.29, 1.82) is 0 Å². The van der Waals surface area contributed by atoms with E-state index >= 15 is 0 Å². The van der Waals surface area contributed by atoms with Crippen LogP contribution in [0.25, 0.3) is 27.8 Å². The molecule has 0 aliphatic carbocycles. The number of rotatable bonds is 8. The van der Waals surface area contributed by atoms with E-state index in [1.807, 2.05) is 40.6 Å². The monoisotopic (exact) mass is 529 g/mol. The van der Waals surface area contributed by atoms with E-state index < -0.39 is 18.6 Å². The van der Waals surface area contributed by atoms with Crippen LogP contribution in [0.15, 0.2) is 49.1 Å². The van der Waals surface area contributed by atoms with Crippen molar-refractivity contribution in [2.45, 2.75) is 31.7 Å². The molecule has 1 amide bonds. The van der Waals surface area contributed by atoms with E-state index in [1.165, 1.54) is 14.2 Å². The Bertz CT molecular complexity index is 1430. The number of carbonyl (C=O) groups excluding carboxylic acids is 1. The number of benzene rings is 2. The molecule has 1 atom stereocenters. The van der Waals surface area contributed by atoms with E-state index in [2.05, 4.69) is 10.1 Å². The Morgan fingerprint density at radius 3 is 2.58 bits per heavy atom. The first-order chi connectivity index (χ1) is 18.3. The Morgan fingerprint density at radius 2 is 1.92 bits per heavy atom. The van der Waals surface area contributed by atoms with Gasteiger partial charge in [0.25, 0.3) is 5.91 Å². The summed E-state index contributed by atoms with van der Waals surface area (Å²) >= 11 is 0. The third-order valence-electron chi connectivity index (χ3n) is 6.37. The molecule has 5 rings (SSSR count). The van der Waals surface area contributed by atoms with Crippen molar-refractivity contribution in [3.8, 4) is 28.3 Å². The summed E-state index contributed by atoms with van der Waals surface area (Å²) in [5.74, 6) is -0.824. The molecule has 1 aliphatic heterocycles. The zero-order valence-electron chi connectivity index (χ0n) is 20.8. The molecule has 1 fully saturated rings. The fourth-order valence-corrected chi connectivity index (χ4v) is 4.54. The Balaban J connectivity index is 1.43. The summed E-state index contributed by atoms with van der Waals surface area (Å²) in [5.41, 5.74) is 3.84. The van der Waals surface area contributed by atoms with Crippen molar-refractivity contribution in [1.82, 2.24) is 24.6 Å². The molecule has 0 spiro atoms. The molecule has 4 aromatic rings. The van der Waals surface area contributed by atoms with Gasteiger partial charge >= 0.3 is 6.18 Å². The number of methoxy groups -OCH3 is 2. The number of aromatic nitrogens is 4. The lowest BCUT2D eigenvalue weighted by Crippen LogP contribution is -2.34. The topological polar surface area (TPSA) is 92.4 Å². The molecule has 9 nitrogen and oxygen atoms in total. The van der Waals surface area contributed by atoms with Crippen LogP contribution in [0.2, 0.25) is 0 Å². The quantitative estimate of drug-likeness (QED) is 0.364. The van der Waals surface area contributed by atoms with Gasteiger partial charge in [-0.1, -0.05) is 6.07 Å². The minimum absolute atomic E-state index is 0.0659. The summed E-state index contributed by atoms with van der Waals surface area (Å²) in [6.45, 7) is 0.0380. The molecule has 0 bridgehead atoms. The first kappa shape index (κ1) is 25.6. The number of nitrogens with zero attached hydrogens (tertiary/aromatic N) is 4. The zero-order valence-corrected chi connectivity index (χ0v) is 20.8. The predicted molar refractivity (Wildman–Crippen MR) is 133 cm³/mol. The number of halogens is 3. The summed E-state index contributed by atoms with van der Waals surface area (Å²) in [6.07, 6.45) is 3.17. The second-order valence-corrected chi connectivity index (χ2v) is 8.93. The second kappa shape index (κ2) is 10.4. The van der Waals surface area contributed by atoms with Crippen LogP contribution in [-0.4, -0.2) is 64.9 Å². The molecule has 200 valence electrons. The molecule has 0 saturated carbocycles. The van der Waals surface area contributed by atoms with Crippen LogP contribution in [0.1, 0.15) is 23.2 Å². The average molecular weight is 530 g/mol. The minimum atomic E-state index is -4.55. The highest BCUT2D eigenvalue weighted by Crippen LogP contribution is 2.34. The highest BCUT2D eigenvalue weighted by atomic mass is 19.4. The van der Waals surface area contributed by atoms with Gasteiger partial charge in [0.1, 0.15) is 29.9 Å². The molecule has 38 heavy (non-hydrogen) atoms. The van der Waals surface area contributed by atoms with Gasteiger partial charge in [0, 0.05) is 30.5 Å². The highest BCUT2D eigenvalue weighted by Gasteiger charge is 2.30. The molecule has 3 heterocycles. The van der Waals surface area contributed by atoms with Gasteiger partial charge in [0.2, 0.25) is 0 Å². The highest BCUT2D eigenvalue weighted by molar-refractivity contribution is 6.00. The number of ether oxygens (including phenoxy) is 3. The Labute approximate surface area is 216 Å². The summed E-state index contributed by atoms with van der Waals surface area (Å²) < 4.78 is 57.9. The lowest BCUT2D eigenvalue weighted by Gasteiger charge is -2.16. The van der Waals surface area contributed by atoms with Crippen molar-refractivity contribution in [2.24, 2.45) is 0 Å². The lowest BCUT2D eigenvalue weighted by molar-refractivity contribution is -0.123. The summed E-state index contributed by atoms with van der Waals surface area (Å²) in [4.78, 5) is 17.1. The van der Waals surface area contributed by atoms with E-state index in [0.29, 0.717) is 12.2 Å². The number of alkyl halides is 3. The van der Waals surface area contributed by atoms with E-state index in [-0.39, 0.29) is 23.2 Å². The van der Waals surface area contributed by atoms with E-state index in [9.17, 15) is 18.0 Å². The summed E-state index contributed by atoms with van der Waals surface area (Å²) in [6, 6.07) is 8.93. The third-order valence-corrected chi connectivity index (χ3v) is 6.37. The average Bonchev–Trinajstić information content (AvgIpc) is 3.67. The molecule has 1 N–H and O–H groups in total. The number of fused-ring (bicyclic) bond motifs is 1. The number of hydrogen-bond donors (Lipinski definition) is 1. The largest absolute Gasteiger partial charge is 0.496 e. The third kappa shape index (κ3) is 5.30. The van der Waals surface area contributed by atoms with Crippen LogP contribution >= 0.6 is 0 Å². The normalized spacial score (nSPS) is 15.7. The molecule has 12 heteroatoms. The van der Waals surface area contributed by atoms with Gasteiger partial charge in [0.15, 0.2) is 0 Å². The minimum Gasteiger partial charge on any atom is -0.496 e. The number of hydrogen-bond acceptors (Lipinski definition) is 6. The molecule has 0 radical (unpaired) electrons. The van der Waals surface area contributed by atoms with E-state index in [1.54, 1.807) is 23.0 Å². The number of amides is 1. The van der Waals surface area contributed by atoms with Crippen LogP contribution in [0, 0.1) is 0 Å². The summed E-state index contributed by atoms with van der Waals surface area (Å²) in [5, 5.41) is 6.32. The molecular formula is C26H26F3N5O4. The van der Waals surface area contributed by atoms with E-state index in [4.69, 9.17) is 14.2 Å². The fourth-order valence-electron chi connectivity index (χ4n) is 4.54. The smallest absolute Gasteiger partial charge is 0.405 e. The summed E-state index contributed by atoms with van der Waals surface area (Å²) in [7, 11) is 2.66. The Morgan fingerprint density at radius 1 is 1.16 bits per heavy atom. The maximum absolute atomic E-state index is 12.6. The molecule has 2 aromatic heterocycles. The first-order valence-corrected chi connectivity index (χ1v) is 12.0. The van der Waals surface area contributed by atoms with Gasteiger partial charge in [0.05, 0.1) is 49.8 Å². The van der Waals surface area contributed by atoms with Crippen LogP contribution in [-0.2, 0) is 11.3 Å². The van der Waals surface area contributed by atoms with Crippen LogP contribution in [0.3, 0.4) is 0 Å². The van der Waals surface area contributed by atoms with Crippen LogP contribution < -0.4 is 14.8 Å². The van der Waals surface area contributed by atoms with Crippen molar-refractivity contribution >= 4 is 16.9 Å². The van der Waals surface area contributed by atoms with Crippen molar-refractivity contribution in [3.63, 3.8) is 0 Å². The number of nitrogens with one attached hydrogen (secondary N) is 1. The molecule has 1 unspecified atom stereocenters. The van der Waals surface area contributed by atoms with Crippen LogP contribution in [0.4, 0.5) is 13.2 Å². The van der Waals surface area contributed by atoms with Gasteiger partial charge < -0.3 is 19.5 Å². The second-order valence-electron chi connectivity index (χ2n) is 8.93. The van der Waals surface area contributed by atoms with Crippen molar-refractivity contribution in [2.75, 3.05) is 27.4 Å². The van der Waals surface area contributed by atoms with Crippen molar-refractivity contribution in [3.05, 3.63) is 54.6 Å².